The van der Waals surface area contributed by atoms with E-state index < -0.39 is 57.9 Å². The molecule has 1 saturated heterocycles. The Balaban J connectivity index is 0.000000299. The second-order valence-corrected chi connectivity index (χ2v) is 44.3. The topological polar surface area (TPSA) is 165 Å². The molecule has 0 unspecified atom stereocenters. The molecule has 0 bridgehead atoms. The Bertz CT molecular complexity index is 4190. The average Bonchev–Trinajstić information content (AvgIpc) is 1.64. The standard InChI is InChI=1S/C43H64BN3O7Si.C43H57N3O5Si/c1-14-36(44-53-42(5,6)43(7,8)54-44)39(34-19-22-37-33(30-34)23-25-47(37)31-50-28-29-55(11,12)13)32-17-20-35(21-18-32)51-27-26-46(40(49)52-41(2,3)4)24-15-16-38(48)45(9)10;1-10-38(33-15-12-11-13-16-33)41(36-20-23-39-35(31-36)24-26-46(39)32-49-29-30-52(7,8)9)34-18-21-37(22-19-34)50-28-27-45(42(48)51-43(2,3)4)25-14-17-40(47)44(5)6/h15-23,25,30H,14,24,26-29,31H2,1-13H3;11-24,26,31H,10,25,27-30,32H2,1-9H3/b16-15+,39-36+;17-14+,41-38+. The lowest BCUT2D eigenvalue weighted by molar-refractivity contribution is -0.124. The molecule has 0 radical (unpaired) electrons. The summed E-state index contributed by atoms with van der Waals surface area (Å²) in [4.78, 5) is 56.1. The van der Waals surface area contributed by atoms with Crippen molar-refractivity contribution in [3.05, 3.63) is 197 Å². The van der Waals surface area contributed by atoms with Gasteiger partial charge in [-0.05, 0) is 205 Å². The highest BCUT2D eigenvalue weighted by atomic mass is 28.3. The zero-order chi connectivity index (χ0) is 78.7. The van der Waals surface area contributed by atoms with Crippen LogP contribution >= 0.6 is 0 Å². The van der Waals surface area contributed by atoms with E-state index in [-0.39, 0.29) is 44.7 Å². The molecular weight excluding hydrogens is 1380 g/mol. The number of ether oxygens (including phenoxy) is 6. The molecule has 1 aliphatic rings. The van der Waals surface area contributed by atoms with Crippen LogP contribution in [0.5, 0.6) is 11.5 Å². The fraction of sp³-hybridized carbons (Fsp3) is 0.465. The molecule has 0 aliphatic carbocycles. The van der Waals surface area contributed by atoms with Crippen molar-refractivity contribution in [2.75, 3.05) is 80.8 Å². The van der Waals surface area contributed by atoms with E-state index in [1.54, 1.807) is 40.3 Å². The zero-order valence-electron chi connectivity index (χ0n) is 68.1. The van der Waals surface area contributed by atoms with Gasteiger partial charge in [-0.2, -0.15) is 0 Å². The van der Waals surface area contributed by atoms with Crippen molar-refractivity contribution in [1.29, 1.82) is 0 Å². The van der Waals surface area contributed by atoms with E-state index in [2.05, 4.69) is 199 Å². The van der Waals surface area contributed by atoms with Crippen LogP contribution in [0.25, 0.3) is 38.5 Å². The van der Waals surface area contributed by atoms with Gasteiger partial charge in [0.05, 0.1) is 35.3 Å². The van der Waals surface area contributed by atoms with Gasteiger partial charge >= 0.3 is 19.3 Å². The van der Waals surface area contributed by atoms with Gasteiger partial charge in [0.25, 0.3) is 0 Å². The highest BCUT2D eigenvalue weighted by Gasteiger charge is 2.52. The summed E-state index contributed by atoms with van der Waals surface area (Å²) >= 11 is 0. The molecule has 0 atom stereocenters. The largest absolute Gasteiger partial charge is 0.492 e. The third-order valence-corrected chi connectivity index (χ3v) is 21.9. The molecule has 0 N–H and O–H groups in total. The van der Waals surface area contributed by atoms with Crippen LogP contribution in [-0.4, -0.2) is 179 Å². The molecule has 4 amide bonds. The van der Waals surface area contributed by atoms with Gasteiger partial charge in [-0.15, -0.1) is 0 Å². The molecule has 0 saturated carbocycles. The Morgan fingerprint density at radius 1 is 0.495 bits per heavy atom. The van der Waals surface area contributed by atoms with Gasteiger partial charge in [-0.25, -0.2) is 9.59 Å². The van der Waals surface area contributed by atoms with Gasteiger partial charge < -0.3 is 66.5 Å². The van der Waals surface area contributed by atoms with Gasteiger partial charge in [0, 0.05) is 106 Å². The number of rotatable bonds is 32. The number of aromatic nitrogens is 2. The summed E-state index contributed by atoms with van der Waals surface area (Å²) in [5.41, 5.74) is 10.1. The normalized spacial score (nSPS) is 14.4. The first kappa shape index (κ1) is 85.8. The SMILES string of the molecule is CC/C(=C(/c1ccc(OCCN(C/C=C/C(=O)N(C)C)C(=O)OC(C)(C)C)cc1)c1ccc2c(ccn2COCC[Si](C)(C)C)c1)c1ccccc1.CC/C(B1OC(C)(C)C(C)(C)O1)=C(/c1ccc(OCCN(C/C=C/C(=O)N(C)C)C(=O)OC(C)(C)C)cc1)c1ccc2c(ccn2COCC[Si](C)(C)C)c1. The Morgan fingerprint density at radius 3 is 1.26 bits per heavy atom. The van der Waals surface area contributed by atoms with Crippen molar-refractivity contribution in [3.63, 3.8) is 0 Å². The van der Waals surface area contributed by atoms with E-state index in [0.717, 1.165) is 87.9 Å². The molecule has 1 aliphatic heterocycles. The van der Waals surface area contributed by atoms with E-state index in [4.69, 9.17) is 37.7 Å². The number of nitrogens with zero attached hydrogens (tertiary/aromatic N) is 6. The van der Waals surface area contributed by atoms with Crippen LogP contribution in [0.2, 0.25) is 51.4 Å². The summed E-state index contributed by atoms with van der Waals surface area (Å²) in [6.07, 6.45) is 11.1. The fourth-order valence-electron chi connectivity index (χ4n) is 11.7. The minimum absolute atomic E-state index is 0.150. The second-order valence-electron chi connectivity index (χ2n) is 33.1. The lowest BCUT2D eigenvalue weighted by atomic mass is 9.70. The highest BCUT2D eigenvalue weighted by Crippen LogP contribution is 2.43. The summed E-state index contributed by atoms with van der Waals surface area (Å²) in [6.45, 7) is 42.0. The molecule has 578 valence electrons. The molecule has 1 fully saturated rings. The van der Waals surface area contributed by atoms with Crippen LogP contribution < -0.4 is 9.47 Å². The van der Waals surface area contributed by atoms with Crippen molar-refractivity contribution in [3.8, 4) is 11.5 Å². The van der Waals surface area contributed by atoms with Gasteiger partial charge in [0.1, 0.15) is 49.4 Å². The lowest BCUT2D eigenvalue weighted by Gasteiger charge is -2.32. The molecule has 7 aromatic rings. The zero-order valence-corrected chi connectivity index (χ0v) is 70.1. The first-order valence-electron chi connectivity index (χ1n) is 37.6. The Morgan fingerprint density at radius 2 is 0.888 bits per heavy atom. The molecule has 0 spiro atoms. The summed E-state index contributed by atoms with van der Waals surface area (Å²) in [6, 6.07) is 46.6. The van der Waals surface area contributed by atoms with Gasteiger partial charge in [-0.1, -0.05) is 132 Å². The average molecular weight is 1500 g/mol. The van der Waals surface area contributed by atoms with Crippen molar-refractivity contribution >= 4 is 85.8 Å². The molecule has 2 aromatic heterocycles. The summed E-state index contributed by atoms with van der Waals surface area (Å²) in [5.74, 6) is 1.06. The van der Waals surface area contributed by atoms with Crippen molar-refractivity contribution < 1.29 is 56.9 Å². The number of fused-ring (bicyclic) bond motifs is 2. The number of likely N-dealkylation sites (N-methyl/N-ethyl adjacent to an activating group) is 2. The Hall–Kier alpha value is -8.44. The first-order valence-corrected chi connectivity index (χ1v) is 45.1. The van der Waals surface area contributed by atoms with E-state index in [1.807, 2.05) is 71.9 Å². The number of hydrogen-bond donors (Lipinski definition) is 0. The summed E-state index contributed by atoms with van der Waals surface area (Å²) in [5, 5.41) is 2.30. The maximum Gasteiger partial charge on any atom is 0.491 e. The number of hydrogen-bond acceptors (Lipinski definition) is 12. The van der Waals surface area contributed by atoms with Crippen LogP contribution in [0.4, 0.5) is 9.59 Å². The highest BCUT2D eigenvalue weighted by molar-refractivity contribution is 6.76. The molecule has 3 heterocycles. The fourth-order valence-corrected chi connectivity index (χ4v) is 13.2. The van der Waals surface area contributed by atoms with Crippen LogP contribution in [-0.2, 0) is 51.3 Å². The third kappa shape index (κ3) is 26.2. The quantitative estimate of drug-likeness (QED) is 0.0170. The molecule has 18 nitrogen and oxygen atoms in total. The van der Waals surface area contributed by atoms with E-state index in [1.165, 1.54) is 53.8 Å². The van der Waals surface area contributed by atoms with Gasteiger partial charge in [-0.3, -0.25) is 9.59 Å². The number of amides is 4. The second kappa shape index (κ2) is 38.1. The first-order chi connectivity index (χ1) is 50.3. The molecule has 107 heavy (non-hydrogen) atoms. The summed E-state index contributed by atoms with van der Waals surface area (Å²) < 4.78 is 53.3. The van der Waals surface area contributed by atoms with E-state index in [9.17, 15) is 19.2 Å². The van der Waals surface area contributed by atoms with Crippen LogP contribution in [0, 0.1) is 0 Å². The van der Waals surface area contributed by atoms with Crippen molar-refractivity contribution in [2.24, 2.45) is 0 Å². The lowest BCUT2D eigenvalue weighted by Crippen LogP contribution is -2.41. The minimum atomic E-state index is -1.17. The smallest absolute Gasteiger partial charge is 0.491 e. The monoisotopic (exact) mass is 1500 g/mol. The minimum Gasteiger partial charge on any atom is -0.492 e. The number of carbonyl (C=O) groups excluding carboxylic acids is 4. The molecule has 5 aromatic carbocycles. The van der Waals surface area contributed by atoms with Crippen molar-refractivity contribution in [1.82, 2.24) is 28.7 Å². The third-order valence-electron chi connectivity index (χ3n) is 18.5. The van der Waals surface area contributed by atoms with Gasteiger partial charge in [0.2, 0.25) is 11.8 Å². The van der Waals surface area contributed by atoms with E-state index in [0.29, 0.717) is 31.5 Å². The summed E-state index contributed by atoms with van der Waals surface area (Å²) in [7, 11) is 3.91. The molecule has 21 heteroatoms. The maximum absolute atomic E-state index is 13.0. The Kier molecular flexibility index (Phi) is 30.5. The van der Waals surface area contributed by atoms with Crippen LogP contribution in [0.3, 0.4) is 0 Å². The molecule has 8 rings (SSSR count). The Labute approximate surface area is 640 Å². The number of allylic oxidation sites excluding steroid dienone is 2. The van der Waals surface area contributed by atoms with Crippen LogP contribution in [0.1, 0.15) is 124 Å². The number of benzene rings is 5. The maximum atomic E-state index is 13.0. The van der Waals surface area contributed by atoms with Crippen LogP contribution in [0.15, 0.2) is 170 Å². The van der Waals surface area contributed by atoms with Gasteiger partial charge in [0.15, 0.2) is 0 Å². The predicted molar refractivity (Wildman–Crippen MR) is 442 cm³/mol. The van der Waals surface area contributed by atoms with E-state index >= 15 is 0 Å². The molecular formula is C86H121BN6O12Si2. The predicted octanol–water partition coefficient (Wildman–Crippen LogP) is 18.6. The number of carbonyl (C=O) groups is 4. The van der Waals surface area contributed by atoms with Crippen molar-refractivity contribution in [2.45, 2.75) is 183 Å².